The molecule has 1 heterocycles. The van der Waals surface area contributed by atoms with E-state index in [0.717, 1.165) is 10.9 Å². The van der Waals surface area contributed by atoms with Crippen molar-refractivity contribution in [1.82, 2.24) is 10.2 Å². The van der Waals surface area contributed by atoms with E-state index in [0.29, 0.717) is 11.4 Å². The summed E-state index contributed by atoms with van der Waals surface area (Å²) in [4.78, 5) is 0. The highest BCUT2D eigenvalue weighted by Gasteiger charge is 2.11. The van der Waals surface area contributed by atoms with Crippen LogP contribution in [-0.4, -0.2) is 10.2 Å². The van der Waals surface area contributed by atoms with Crippen molar-refractivity contribution in [2.24, 2.45) is 0 Å². The predicted molar refractivity (Wildman–Crippen MR) is 78.0 cm³/mol. The van der Waals surface area contributed by atoms with Crippen molar-refractivity contribution in [3.05, 3.63) is 66.0 Å². The first kappa shape index (κ1) is 12.5. The molecule has 0 fully saturated rings. The van der Waals surface area contributed by atoms with Crippen LogP contribution in [0.15, 0.2) is 54.6 Å². The Hall–Kier alpha value is -2.49. The molecule has 0 aliphatic carbocycles. The van der Waals surface area contributed by atoms with Gasteiger partial charge in [0.1, 0.15) is 11.6 Å². The summed E-state index contributed by atoms with van der Waals surface area (Å²) in [6.45, 7) is 1.90. The average molecular weight is 267 g/mol. The van der Waals surface area contributed by atoms with Crippen LogP contribution in [0.3, 0.4) is 0 Å². The van der Waals surface area contributed by atoms with Gasteiger partial charge in [-0.1, -0.05) is 36.4 Å². The van der Waals surface area contributed by atoms with Crippen LogP contribution in [-0.2, 0) is 0 Å². The van der Waals surface area contributed by atoms with Crippen molar-refractivity contribution in [2.45, 2.75) is 13.0 Å². The maximum atomic E-state index is 13.7. The number of anilines is 1. The SMILES string of the molecule is CC(Nc1cc2ccccc2nn1)c1ccccc1F. The van der Waals surface area contributed by atoms with Crippen molar-refractivity contribution in [3.63, 3.8) is 0 Å². The fourth-order valence-electron chi connectivity index (χ4n) is 2.18. The van der Waals surface area contributed by atoms with E-state index in [1.807, 2.05) is 43.3 Å². The Balaban J connectivity index is 1.87. The molecule has 0 saturated carbocycles. The molecule has 0 bridgehead atoms. The van der Waals surface area contributed by atoms with Crippen LogP contribution < -0.4 is 5.32 Å². The maximum Gasteiger partial charge on any atom is 0.149 e. The normalized spacial score (nSPS) is 12.3. The summed E-state index contributed by atoms with van der Waals surface area (Å²) < 4.78 is 13.7. The Morgan fingerprint density at radius 3 is 2.60 bits per heavy atom. The Morgan fingerprint density at radius 2 is 1.75 bits per heavy atom. The highest BCUT2D eigenvalue weighted by molar-refractivity contribution is 5.80. The van der Waals surface area contributed by atoms with Gasteiger partial charge in [-0.25, -0.2) is 4.39 Å². The van der Waals surface area contributed by atoms with Gasteiger partial charge in [0.05, 0.1) is 11.6 Å². The molecule has 1 atom stereocenters. The molecule has 0 aliphatic rings. The number of halogens is 1. The fraction of sp³-hybridized carbons (Fsp3) is 0.125. The molecular weight excluding hydrogens is 253 g/mol. The lowest BCUT2D eigenvalue weighted by Gasteiger charge is -2.15. The van der Waals surface area contributed by atoms with Gasteiger partial charge in [-0.2, -0.15) is 0 Å². The van der Waals surface area contributed by atoms with Crippen molar-refractivity contribution in [3.8, 4) is 0 Å². The largest absolute Gasteiger partial charge is 0.362 e. The minimum atomic E-state index is -0.221. The van der Waals surface area contributed by atoms with Gasteiger partial charge in [0, 0.05) is 10.9 Å². The van der Waals surface area contributed by atoms with Gasteiger partial charge in [-0.15, -0.1) is 10.2 Å². The van der Waals surface area contributed by atoms with Crippen molar-refractivity contribution in [1.29, 1.82) is 0 Å². The number of aromatic nitrogens is 2. The van der Waals surface area contributed by atoms with Crippen LogP contribution in [0, 0.1) is 5.82 Å². The van der Waals surface area contributed by atoms with E-state index >= 15 is 0 Å². The summed E-state index contributed by atoms with van der Waals surface area (Å²) in [5.74, 6) is 0.417. The third kappa shape index (κ3) is 2.45. The molecule has 0 spiro atoms. The van der Waals surface area contributed by atoms with Crippen LogP contribution in [0.5, 0.6) is 0 Å². The van der Waals surface area contributed by atoms with E-state index in [4.69, 9.17) is 0 Å². The van der Waals surface area contributed by atoms with Gasteiger partial charge in [-0.05, 0) is 25.1 Å². The average Bonchev–Trinajstić information content (AvgIpc) is 2.47. The molecule has 1 aromatic heterocycles. The first-order valence-corrected chi connectivity index (χ1v) is 6.47. The number of rotatable bonds is 3. The van der Waals surface area contributed by atoms with Crippen molar-refractivity contribution in [2.75, 3.05) is 5.32 Å². The second-order valence-electron chi connectivity index (χ2n) is 4.68. The number of nitrogens with zero attached hydrogens (tertiary/aromatic N) is 2. The van der Waals surface area contributed by atoms with E-state index in [2.05, 4.69) is 15.5 Å². The quantitative estimate of drug-likeness (QED) is 0.781. The van der Waals surface area contributed by atoms with Crippen LogP contribution in [0.25, 0.3) is 10.9 Å². The minimum Gasteiger partial charge on any atom is -0.362 e. The lowest BCUT2D eigenvalue weighted by atomic mass is 10.1. The summed E-state index contributed by atoms with van der Waals surface area (Å²) in [7, 11) is 0. The molecule has 1 unspecified atom stereocenters. The van der Waals surface area contributed by atoms with E-state index in [9.17, 15) is 4.39 Å². The molecule has 3 nitrogen and oxygen atoms in total. The van der Waals surface area contributed by atoms with Gasteiger partial charge in [-0.3, -0.25) is 0 Å². The predicted octanol–water partition coefficient (Wildman–Crippen LogP) is 3.94. The minimum absolute atomic E-state index is 0.174. The molecule has 0 saturated heterocycles. The highest BCUT2D eigenvalue weighted by atomic mass is 19.1. The van der Waals surface area contributed by atoms with Gasteiger partial charge in [0.2, 0.25) is 0 Å². The maximum absolute atomic E-state index is 13.7. The Bertz CT molecular complexity index is 742. The van der Waals surface area contributed by atoms with Gasteiger partial charge < -0.3 is 5.32 Å². The first-order valence-electron chi connectivity index (χ1n) is 6.47. The zero-order valence-corrected chi connectivity index (χ0v) is 11.0. The molecule has 0 radical (unpaired) electrons. The topological polar surface area (TPSA) is 37.8 Å². The molecule has 100 valence electrons. The van der Waals surface area contributed by atoms with Gasteiger partial charge in [0.25, 0.3) is 0 Å². The Labute approximate surface area is 116 Å². The van der Waals surface area contributed by atoms with E-state index < -0.39 is 0 Å². The Kier molecular flexibility index (Phi) is 3.29. The number of hydrogen-bond acceptors (Lipinski definition) is 3. The lowest BCUT2D eigenvalue weighted by molar-refractivity contribution is 0.600. The van der Waals surface area contributed by atoms with E-state index in [-0.39, 0.29) is 11.9 Å². The standard InChI is InChI=1S/C16H14FN3/c1-11(13-7-3-4-8-14(13)17)18-16-10-12-6-2-5-9-15(12)19-20-16/h2-11H,1H3,(H,18,20). The summed E-state index contributed by atoms with van der Waals surface area (Å²) in [6.07, 6.45) is 0. The number of fused-ring (bicyclic) bond motifs is 1. The highest BCUT2D eigenvalue weighted by Crippen LogP contribution is 2.21. The third-order valence-corrected chi connectivity index (χ3v) is 3.23. The Morgan fingerprint density at radius 1 is 1.00 bits per heavy atom. The van der Waals surface area contributed by atoms with Gasteiger partial charge >= 0.3 is 0 Å². The van der Waals surface area contributed by atoms with Crippen LogP contribution in [0.4, 0.5) is 10.2 Å². The lowest BCUT2D eigenvalue weighted by Crippen LogP contribution is -2.10. The van der Waals surface area contributed by atoms with Crippen molar-refractivity contribution >= 4 is 16.7 Å². The molecule has 0 amide bonds. The van der Waals surface area contributed by atoms with Gasteiger partial charge in [0.15, 0.2) is 0 Å². The summed E-state index contributed by atoms with van der Waals surface area (Å²) in [6, 6.07) is 16.2. The fourth-order valence-corrected chi connectivity index (χ4v) is 2.18. The zero-order chi connectivity index (χ0) is 13.9. The second kappa shape index (κ2) is 5.25. The van der Waals surface area contributed by atoms with E-state index in [1.54, 1.807) is 12.1 Å². The molecule has 20 heavy (non-hydrogen) atoms. The smallest absolute Gasteiger partial charge is 0.149 e. The molecule has 1 N–H and O–H groups in total. The molecule has 3 rings (SSSR count). The molecular formula is C16H14FN3. The number of hydrogen-bond donors (Lipinski definition) is 1. The third-order valence-electron chi connectivity index (χ3n) is 3.23. The summed E-state index contributed by atoms with van der Waals surface area (Å²) in [5, 5.41) is 12.4. The zero-order valence-electron chi connectivity index (χ0n) is 11.0. The van der Waals surface area contributed by atoms with Crippen LogP contribution in [0.2, 0.25) is 0 Å². The molecule has 4 heteroatoms. The van der Waals surface area contributed by atoms with Crippen molar-refractivity contribution < 1.29 is 4.39 Å². The summed E-state index contributed by atoms with van der Waals surface area (Å²) in [5.41, 5.74) is 1.46. The van der Waals surface area contributed by atoms with Crippen LogP contribution in [0.1, 0.15) is 18.5 Å². The second-order valence-corrected chi connectivity index (χ2v) is 4.68. The van der Waals surface area contributed by atoms with Crippen LogP contribution >= 0.6 is 0 Å². The molecule has 0 aliphatic heterocycles. The molecule has 3 aromatic rings. The molecule has 2 aromatic carbocycles. The number of benzene rings is 2. The summed E-state index contributed by atoms with van der Waals surface area (Å²) >= 11 is 0. The monoisotopic (exact) mass is 267 g/mol. The first-order chi connectivity index (χ1) is 9.74. The number of nitrogens with one attached hydrogen (secondary N) is 1. The van der Waals surface area contributed by atoms with E-state index in [1.165, 1.54) is 6.07 Å².